The number of azide groups is 3. The zero-order chi connectivity index (χ0) is 46.2. The summed E-state index contributed by atoms with van der Waals surface area (Å²) in [5.41, 5.74) is 30.2. The van der Waals surface area contributed by atoms with E-state index in [1.807, 2.05) is 60.7 Å². The molecule has 1 N–H and O–H groups in total. The highest BCUT2D eigenvalue weighted by Crippen LogP contribution is 2.37. The molecule has 1 amide bonds. The largest absolute Gasteiger partial charge is 0.454 e. The van der Waals surface area contributed by atoms with Crippen LogP contribution in [-0.4, -0.2) is 91.2 Å². The molecule has 65 heavy (non-hydrogen) atoms. The van der Waals surface area contributed by atoms with Crippen molar-refractivity contribution in [1.29, 1.82) is 0 Å². The van der Waals surface area contributed by atoms with Crippen LogP contribution in [0.15, 0.2) is 137 Å². The number of hydrogen-bond acceptors (Lipinski definition) is 13. The van der Waals surface area contributed by atoms with Crippen LogP contribution in [0, 0.1) is 0 Å². The van der Waals surface area contributed by atoms with E-state index in [0.717, 1.165) is 11.1 Å². The number of nitrogens with zero attached hydrogens (tertiary/aromatic N) is 9. The van der Waals surface area contributed by atoms with Gasteiger partial charge >= 0.3 is 18.0 Å². The maximum absolute atomic E-state index is 14.1. The fraction of sp³-hybridized carbons (Fsp3) is 0.400. The molecule has 1 aliphatic carbocycles. The molecule has 10 atom stereocenters. The Morgan fingerprint density at radius 2 is 1.17 bits per heavy atom. The zero-order valence-electron chi connectivity index (χ0n) is 35.8. The number of amides is 1. The van der Waals surface area contributed by atoms with Crippen molar-refractivity contribution in [3.05, 3.63) is 175 Å². The Bertz CT molecular complexity index is 2340. The highest BCUT2D eigenvalue weighted by Gasteiger charge is 2.55. The number of esters is 2. The molecule has 4 aromatic rings. The van der Waals surface area contributed by atoms with Gasteiger partial charge in [0.2, 0.25) is 0 Å². The molecule has 0 bridgehead atoms. The molecule has 0 aromatic heterocycles. The summed E-state index contributed by atoms with van der Waals surface area (Å²) in [6.45, 7) is 4.72. The van der Waals surface area contributed by atoms with Crippen LogP contribution < -0.4 is 5.32 Å². The number of nitrogens with one attached hydrogen (secondary N) is 1. The van der Waals surface area contributed by atoms with E-state index in [2.05, 4.69) is 35.4 Å². The Balaban J connectivity index is 1.47. The molecular weight excluding hydrogens is 841 g/mol. The van der Waals surface area contributed by atoms with Crippen LogP contribution in [0.3, 0.4) is 0 Å². The van der Waals surface area contributed by atoms with Crippen molar-refractivity contribution in [2.45, 2.75) is 107 Å². The van der Waals surface area contributed by atoms with Crippen LogP contribution in [-0.2, 0) is 46.4 Å². The minimum atomic E-state index is -1.67. The maximum Gasteiger partial charge on any atom is 0.407 e. The van der Waals surface area contributed by atoms with Gasteiger partial charge < -0.3 is 38.5 Å². The van der Waals surface area contributed by atoms with E-state index in [-0.39, 0.29) is 37.3 Å². The molecule has 0 radical (unpaired) electrons. The molecule has 2 fully saturated rings. The van der Waals surface area contributed by atoms with E-state index in [1.165, 1.54) is 24.3 Å². The SMILES string of the molecule is CC(C)(C)OC(=O)N[C@H]1C[C@@H](N=[N+]=[N-])[C@H](OC(=O)c2ccccc2)[C@@H](OC(=O)c2ccccc2)[C@@H]1O[C@H]1O[C@H](CN=[N+]=[N-])[C@@H](OCc2ccccc2)[C@H](OCc2ccccc2)[C@H]1N=[N+]=[N-]. The lowest BCUT2D eigenvalue weighted by Gasteiger charge is -2.49. The second-order valence-electron chi connectivity index (χ2n) is 16.0. The molecular formula is C45H48N10O10. The van der Waals surface area contributed by atoms with Gasteiger partial charge in [0, 0.05) is 14.7 Å². The monoisotopic (exact) mass is 888 g/mol. The number of carbonyl (C=O) groups is 3. The standard InChI is InChI=1S/C45H48N10O10/c1-45(2,3)65-44(58)50-32-24-33(51-54-47)37(62-41(56)30-20-12-6-13-21-30)40(63-42(57)31-22-14-7-15-23-31)36(32)64-43-35(52-55-48)39(60-27-29-18-10-5-11-19-29)38(34(61-43)25-49-53-46)59-26-28-16-8-4-9-17-28/h4-23,32-40,43H,24-27H2,1-3H3,(H,50,58)/t32-,33+,34+,35+,36+,37-,38+,39+,40-,43+/m0/s1. The molecule has 1 aliphatic heterocycles. The number of rotatable bonds is 17. The Hall–Kier alpha value is -7.14. The van der Waals surface area contributed by atoms with Gasteiger partial charge in [0.15, 0.2) is 18.5 Å². The molecule has 1 heterocycles. The minimum Gasteiger partial charge on any atom is -0.454 e. The van der Waals surface area contributed by atoms with Gasteiger partial charge in [0.1, 0.15) is 30.0 Å². The van der Waals surface area contributed by atoms with E-state index in [4.69, 9.17) is 33.2 Å². The van der Waals surface area contributed by atoms with Crippen LogP contribution in [0.4, 0.5) is 4.79 Å². The molecule has 20 heteroatoms. The first kappa shape index (κ1) is 47.3. The van der Waals surface area contributed by atoms with Gasteiger partial charge in [0.25, 0.3) is 0 Å². The predicted octanol–water partition coefficient (Wildman–Crippen LogP) is 8.68. The molecule has 4 aromatic carbocycles. The Morgan fingerprint density at radius 1 is 0.662 bits per heavy atom. The number of hydrogen-bond donors (Lipinski definition) is 1. The molecule has 6 rings (SSSR count). The van der Waals surface area contributed by atoms with Crippen molar-refractivity contribution in [2.24, 2.45) is 15.3 Å². The highest BCUT2D eigenvalue weighted by atomic mass is 16.7. The lowest BCUT2D eigenvalue weighted by molar-refractivity contribution is -0.300. The van der Waals surface area contributed by atoms with Crippen molar-refractivity contribution in [2.75, 3.05) is 6.54 Å². The molecule has 0 unspecified atom stereocenters. The number of carbonyl (C=O) groups excluding carboxylic acids is 3. The van der Waals surface area contributed by atoms with Crippen LogP contribution >= 0.6 is 0 Å². The summed E-state index contributed by atoms with van der Waals surface area (Å²) in [5, 5.41) is 14.6. The van der Waals surface area contributed by atoms with Crippen LogP contribution in [0.25, 0.3) is 31.3 Å². The Morgan fingerprint density at radius 3 is 1.68 bits per heavy atom. The molecule has 1 saturated heterocycles. The summed E-state index contributed by atoms with van der Waals surface area (Å²) >= 11 is 0. The third-order valence-corrected chi connectivity index (χ3v) is 10.3. The van der Waals surface area contributed by atoms with Crippen molar-refractivity contribution in [1.82, 2.24) is 5.32 Å². The van der Waals surface area contributed by atoms with Gasteiger partial charge in [-0.25, -0.2) is 14.4 Å². The average Bonchev–Trinajstić information content (AvgIpc) is 3.30. The quantitative estimate of drug-likeness (QED) is 0.0346. The second kappa shape index (κ2) is 23.0. The topological polar surface area (TPSA) is 274 Å². The first-order valence-corrected chi connectivity index (χ1v) is 20.7. The van der Waals surface area contributed by atoms with Crippen LogP contribution in [0.1, 0.15) is 59.0 Å². The van der Waals surface area contributed by atoms with Crippen molar-refractivity contribution < 1.29 is 47.5 Å². The van der Waals surface area contributed by atoms with Gasteiger partial charge in [-0.2, -0.15) is 0 Å². The van der Waals surface area contributed by atoms with E-state index >= 15 is 0 Å². The molecule has 0 spiro atoms. The molecule has 1 saturated carbocycles. The average molecular weight is 889 g/mol. The summed E-state index contributed by atoms with van der Waals surface area (Å²) < 4.78 is 44.2. The lowest BCUT2D eigenvalue weighted by Crippen LogP contribution is -2.66. The first-order valence-electron chi connectivity index (χ1n) is 20.7. The van der Waals surface area contributed by atoms with Crippen LogP contribution in [0.5, 0.6) is 0 Å². The Kier molecular flexibility index (Phi) is 16.7. The van der Waals surface area contributed by atoms with E-state index in [1.54, 1.807) is 57.2 Å². The van der Waals surface area contributed by atoms with Crippen molar-refractivity contribution in [3.8, 4) is 0 Å². The fourth-order valence-corrected chi connectivity index (χ4v) is 7.46. The van der Waals surface area contributed by atoms with Gasteiger partial charge in [-0.3, -0.25) is 0 Å². The number of ether oxygens (including phenoxy) is 7. The third kappa shape index (κ3) is 13.2. The summed E-state index contributed by atoms with van der Waals surface area (Å²) in [6.07, 6.45) is -10.8. The number of alkyl carbamates (subject to hydrolysis) is 1. The van der Waals surface area contributed by atoms with Gasteiger partial charge in [0.05, 0.1) is 49.1 Å². The fourth-order valence-electron chi connectivity index (χ4n) is 7.46. The highest BCUT2D eigenvalue weighted by molar-refractivity contribution is 5.90. The van der Waals surface area contributed by atoms with Crippen LogP contribution in [0.2, 0.25) is 0 Å². The molecule has 2 aliphatic rings. The second-order valence-corrected chi connectivity index (χ2v) is 16.0. The van der Waals surface area contributed by atoms with E-state index in [9.17, 15) is 31.0 Å². The molecule has 20 nitrogen and oxygen atoms in total. The zero-order valence-corrected chi connectivity index (χ0v) is 35.8. The van der Waals surface area contributed by atoms with Gasteiger partial charge in [-0.1, -0.05) is 112 Å². The van der Waals surface area contributed by atoms with Crippen molar-refractivity contribution >= 4 is 18.0 Å². The maximum atomic E-state index is 14.1. The summed E-state index contributed by atoms with van der Waals surface area (Å²) in [7, 11) is 0. The first-order chi connectivity index (χ1) is 31.5. The van der Waals surface area contributed by atoms with Gasteiger partial charge in [-0.15, -0.1) is 0 Å². The summed E-state index contributed by atoms with van der Waals surface area (Å²) in [4.78, 5) is 50.6. The lowest BCUT2D eigenvalue weighted by atomic mass is 9.83. The van der Waals surface area contributed by atoms with Crippen molar-refractivity contribution in [3.63, 3.8) is 0 Å². The summed E-state index contributed by atoms with van der Waals surface area (Å²) in [5.74, 6) is -1.74. The number of benzene rings is 4. The van der Waals surface area contributed by atoms with E-state index in [0.29, 0.717) is 0 Å². The summed E-state index contributed by atoms with van der Waals surface area (Å²) in [6, 6.07) is 30.4. The Labute approximate surface area is 373 Å². The van der Waals surface area contributed by atoms with E-state index < -0.39 is 84.7 Å². The normalized spacial score (nSPS) is 25.0. The molecule has 338 valence electrons. The smallest absolute Gasteiger partial charge is 0.407 e. The predicted molar refractivity (Wildman–Crippen MR) is 233 cm³/mol. The minimum absolute atomic E-state index is 0.00400. The van der Waals surface area contributed by atoms with Gasteiger partial charge in [-0.05, 0) is 79.2 Å². The third-order valence-electron chi connectivity index (χ3n) is 10.3.